The maximum Gasteiger partial charge on any atom is 0.325 e. The molecule has 2 aromatic rings. The van der Waals surface area contributed by atoms with E-state index in [2.05, 4.69) is 34.5 Å². The summed E-state index contributed by atoms with van der Waals surface area (Å²) in [4.78, 5) is 29.8. The molecule has 6 heteroatoms. The van der Waals surface area contributed by atoms with E-state index < -0.39 is 5.54 Å². The van der Waals surface area contributed by atoms with Crippen molar-refractivity contribution in [3.05, 3.63) is 70.5 Å². The second-order valence-corrected chi connectivity index (χ2v) is 10.2. The van der Waals surface area contributed by atoms with E-state index in [1.165, 1.54) is 48.3 Å². The van der Waals surface area contributed by atoms with Crippen molar-refractivity contribution in [2.75, 3.05) is 26.2 Å². The Hall–Kier alpha value is -2.73. The van der Waals surface area contributed by atoms with Crippen LogP contribution in [-0.2, 0) is 28.6 Å². The largest absolute Gasteiger partial charge is 0.325 e. The number of halogens is 1. The minimum Gasteiger partial charge on any atom is -0.319 e. The predicted molar refractivity (Wildman–Crippen MR) is 123 cm³/mol. The van der Waals surface area contributed by atoms with Crippen molar-refractivity contribution in [2.45, 2.75) is 55.9 Å². The van der Waals surface area contributed by atoms with Gasteiger partial charge in [0.1, 0.15) is 11.4 Å². The number of likely N-dealkylation sites (tertiary alicyclic amines) is 1. The molecule has 2 aliphatic carbocycles. The van der Waals surface area contributed by atoms with Crippen molar-refractivity contribution in [2.24, 2.45) is 0 Å². The van der Waals surface area contributed by atoms with Gasteiger partial charge in [0.25, 0.3) is 5.91 Å². The topological polar surface area (TPSA) is 52.7 Å². The van der Waals surface area contributed by atoms with Crippen molar-refractivity contribution < 1.29 is 14.0 Å². The smallest absolute Gasteiger partial charge is 0.319 e. The van der Waals surface area contributed by atoms with Gasteiger partial charge < -0.3 is 10.2 Å². The van der Waals surface area contributed by atoms with Crippen LogP contribution in [0.2, 0.25) is 0 Å². The molecular weight excluding hydrogens is 417 g/mol. The van der Waals surface area contributed by atoms with Crippen LogP contribution in [0.25, 0.3) is 0 Å². The molecule has 1 unspecified atom stereocenters. The summed E-state index contributed by atoms with van der Waals surface area (Å²) in [5, 5.41) is 2.90. The fraction of sp³-hybridized carbons (Fsp3) is 0.481. The Morgan fingerprint density at radius 2 is 1.64 bits per heavy atom. The number of fused-ring (bicyclic) bond motifs is 4. The molecule has 4 aliphatic rings. The van der Waals surface area contributed by atoms with Gasteiger partial charge in [-0.3, -0.25) is 9.69 Å². The predicted octanol–water partition coefficient (Wildman–Crippen LogP) is 3.89. The highest BCUT2D eigenvalue weighted by atomic mass is 19.1. The number of carbonyl (C=O) groups excluding carboxylic acids is 2. The average molecular weight is 448 g/mol. The lowest BCUT2D eigenvalue weighted by molar-refractivity contribution is -0.131. The Kier molecular flexibility index (Phi) is 4.84. The fourth-order valence-corrected chi connectivity index (χ4v) is 6.74. The van der Waals surface area contributed by atoms with Gasteiger partial charge in [-0.25, -0.2) is 9.18 Å². The van der Waals surface area contributed by atoms with Gasteiger partial charge in [-0.1, -0.05) is 30.3 Å². The molecule has 2 aliphatic heterocycles. The lowest BCUT2D eigenvalue weighted by Crippen LogP contribution is -2.43. The first-order valence-corrected chi connectivity index (χ1v) is 12.2. The Bertz CT molecular complexity index is 1120. The molecule has 1 N–H and O–H groups in total. The molecule has 172 valence electrons. The monoisotopic (exact) mass is 447 g/mol. The summed E-state index contributed by atoms with van der Waals surface area (Å²) < 4.78 is 13.9. The van der Waals surface area contributed by atoms with E-state index in [9.17, 15) is 14.0 Å². The van der Waals surface area contributed by atoms with Crippen LogP contribution in [0.5, 0.6) is 0 Å². The molecule has 3 amide bonds. The number of carbonyl (C=O) groups is 2. The number of aryl methyl sites for hydroxylation is 2. The van der Waals surface area contributed by atoms with Crippen molar-refractivity contribution in [3.63, 3.8) is 0 Å². The Labute approximate surface area is 193 Å². The van der Waals surface area contributed by atoms with E-state index >= 15 is 0 Å². The van der Waals surface area contributed by atoms with Crippen LogP contribution in [0.3, 0.4) is 0 Å². The van der Waals surface area contributed by atoms with Crippen LogP contribution in [0.4, 0.5) is 9.18 Å². The molecule has 2 saturated heterocycles. The van der Waals surface area contributed by atoms with Crippen LogP contribution < -0.4 is 5.32 Å². The van der Waals surface area contributed by atoms with Gasteiger partial charge in [0.05, 0.1) is 0 Å². The first kappa shape index (κ1) is 20.8. The normalized spacial score (nSPS) is 25.7. The molecule has 33 heavy (non-hydrogen) atoms. The molecule has 2 heterocycles. The number of rotatable bonds is 4. The van der Waals surface area contributed by atoms with Crippen LogP contribution >= 0.6 is 0 Å². The zero-order chi connectivity index (χ0) is 22.6. The maximum atomic E-state index is 13.9. The summed E-state index contributed by atoms with van der Waals surface area (Å²) in [6, 6.07) is 13.1. The van der Waals surface area contributed by atoms with Crippen LogP contribution in [0, 0.1) is 5.82 Å². The van der Waals surface area contributed by atoms with Gasteiger partial charge in [-0.05, 0) is 104 Å². The summed E-state index contributed by atoms with van der Waals surface area (Å²) in [6.45, 7) is 3.41. The van der Waals surface area contributed by atoms with Crippen LogP contribution in [0.1, 0.15) is 54.4 Å². The molecule has 2 aromatic carbocycles. The van der Waals surface area contributed by atoms with Crippen LogP contribution in [-0.4, -0.2) is 47.9 Å². The number of imide groups is 1. The lowest BCUT2D eigenvalue weighted by Gasteiger charge is -2.40. The third-order valence-corrected chi connectivity index (χ3v) is 8.61. The van der Waals surface area contributed by atoms with Crippen molar-refractivity contribution in [3.8, 4) is 0 Å². The minimum atomic E-state index is -1.08. The fourth-order valence-electron chi connectivity index (χ4n) is 6.74. The summed E-state index contributed by atoms with van der Waals surface area (Å²) in [5.41, 5.74) is 3.91. The van der Waals surface area contributed by atoms with Crippen molar-refractivity contribution >= 4 is 11.9 Å². The van der Waals surface area contributed by atoms with Gasteiger partial charge in [-0.2, -0.15) is 0 Å². The van der Waals surface area contributed by atoms with E-state index in [1.807, 2.05) is 0 Å². The number of nitrogens with one attached hydrogen (secondary N) is 1. The number of piperidine rings is 1. The molecule has 2 spiro atoms. The van der Waals surface area contributed by atoms with Gasteiger partial charge in [0, 0.05) is 6.54 Å². The molecule has 0 bridgehead atoms. The average Bonchev–Trinajstić information content (AvgIpc) is 3.44. The molecule has 0 radical (unpaired) electrons. The number of nitrogens with zero attached hydrogens (tertiary/aromatic N) is 2. The minimum absolute atomic E-state index is 0.225. The molecule has 1 atom stereocenters. The first-order chi connectivity index (χ1) is 16.0. The molecule has 5 nitrogen and oxygen atoms in total. The third-order valence-electron chi connectivity index (χ3n) is 8.61. The zero-order valence-corrected chi connectivity index (χ0v) is 18.9. The Morgan fingerprint density at radius 3 is 2.48 bits per heavy atom. The van der Waals surface area contributed by atoms with Gasteiger partial charge in [-0.15, -0.1) is 0 Å². The third kappa shape index (κ3) is 3.22. The molecule has 0 aromatic heterocycles. The van der Waals surface area contributed by atoms with Gasteiger partial charge >= 0.3 is 6.03 Å². The molecule has 6 rings (SSSR count). The molecule has 2 fully saturated rings. The maximum absolute atomic E-state index is 13.9. The highest BCUT2D eigenvalue weighted by Gasteiger charge is 2.55. The Morgan fingerprint density at radius 1 is 0.879 bits per heavy atom. The van der Waals surface area contributed by atoms with E-state index in [0.29, 0.717) is 30.4 Å². The first-order valence-electron chi connectivity index (χ1n) is 12.2. The number of amides is 3. The van der Waals surface area contributed by atoms with Crippen LogP contribution in [0.15, 0.2) is 42.5 Å². The summed E-state index contributed by atoms with van der Waals surface area (Å²) in [5.74, 6) is -0.597. The number of urea groups is 1. The van der Waals surface area contributed by atoms with Crippen molar-refractivity contribution in [1.29, 1.82) is 0 Å². The van der Waals surface area contributed by atoms with Gasteiger partial charge in [0.15, 0.2) is 0 Å². The lowest BCUT2D eigenvalue weighted by atomic mass is 9.74. The van der Waals surface area contributed by atoms with Gasteiger partial charge in [0.2, 0.25) is 0 Å². The van der Waals surface area contributed by atoms with E-state index in [-0.39, 0.29) is 17.8 Å². The summed E-state index contributed by atoms with van der Waals surface area (Å²) in [7, 11) is 0. The standard InChI is InChI=1S/C27H30FN3O2/c28-21-7-6-20-9-11-27(23(20)18-21)24(32)31(25(33)29-27)15-3-14-30-16-12-26(13-17-30)10-8-19-4-1-2-5-22(19)26/h1-2,4-7,18H,3,8-17H2,(H,29,33). The summed E-state index contributed by atoms with van der Waals surface area (Å²) >= 11 is 0. The number of benzene rings is 2. The Balaban J connectivity index is 1.06. The summed E-state index contributed by atoms with van der Waals surface area (Å²) in [6.07, 6.45) is 6.74. The number of hydrogen-bond donors (Lipinski definition) is 1. The van der Waals surface area contributed by atoms with E-state index in [1.54, 1.807) is 11.6 Å². The highest BCUT2D eigenvalue weighted by Crippen LogP contribution is 2.46. The second-order valence-electron chi connectivity index (χ2n) is 10.2. The highest BCUT2D eigenvalue weighted by molar-refractivity contribution is 6.08. The van der Waals surface area contributed by atoms with E-state index in [0.717, 1.165) is 31.6 Å². The molecule has 0 saturated carbocycles. The number of hydrogen-bond acceptors (Lipinski definition) is 3. The molecular formula is C27H30FN3O2. The van der Waals surface area contributed by atoms with Crippen molar-refractivity contribution in [1.82, 2.24) is 15.1 Å². The second kappa shape index (κ2) is 7.66. The quantitative estimate of drug-likeness (QED) is 0.724. The SMILES string of the molecule is O=C1NC2(CCc3ccc(F)cc32)C(=O)N1CCCN1CCC2(CCc3ccccc32)CC1. The zero-order valence-electron chi connectivity index (χ0n) is 18.9. The van der Waals surface area contributed by atoms with E-state index in [4.69, 9.17) is 0 Å².